The zero-order valence-electron chi connectivity index (χ0n) is 11.8. The standard InChI is InChI=1S/C14H14FN7/c15-11-4-3-5-12(13(11)22-6-1-2-7-22)17-9-10(8-16)14-18-20-21-19-14/h3-5,9,17H,1-2,6-7H2,(H,18,19,20,21). The van der Waals surface area contributed by atoms with Crippen LogP contribution in [0, 0.1) is 17.1 Å². The number of halogens is 1. The summed E-state index contributed by atoms with van der Waals surface area (Å²) >= 11 is 0. The zero-order valence-corrected chi connectivity index (χ0v) is 11.8. The summed E-state index contributed by atoms with van der Waals surface area (Å²) in [5.41, 5.74) is 1.35. The molecular formula is C14H14FN7. The van der Waals surface area contributed by atoms with Gasteiger partial charge in [-0.1, -0.05) is 6.07 Å². The lowest BCUT2D eigenvalue weighted by Gasteiger charge is -2.21. The van der Waals surface area contributed by atoms with Crippen LogP contribution in [0.4, 0.5) is 15.8 Å². The van der Waals surface area contributed by atoms with E-state index in [0.29, 0.717) is 11.4 Å². The molecule has 1 aromatic heterocycles. The van der Waals surface area contributed by atoms with Gasteiger partial charge in [0.05, 0.1) is 11.4 Å². The van der Waals surface area contributed by atoms with Gasteiger partial charge in [0, 0.05) is 19.3 Å². The number of H-pyrrole nitrogens is 1. The molecule has 0 amide bonds. The van der Waals surface area contributed by atoms with E-state index in [1.165, 1.54) is 12.3 Å². The lowest BCUT2D eigenvalue weighted by molar-refractivity contribution is 0.624. The maximum atomic E-state index is 14.2. The van der Waals surface area contributed by atoms with E-state index in [0.717, 1.165) is 25.9 Å². The van der Waals surface area contributed by atoms with Crippen LogP contribution in [0.5, 0.6) is 0 Å². The fraction of sp³-hybridized carbons (Fsp3) is 0.286. The number of benzene rings is 1. The zero-order chi connectivity index (χ0) is 15.4. The van der Waals surface area contributed by atoms with Crippen LogP contribution < -0.4 is 10.2 Å². The Balaban J connectivity index is 1.89. The van der Waals surface area contributed by atoms with Crippen LogP contribution in [0.2, 0.25) is 0 Å². The molecule has 22 heavy (non-hydrogen) atoms. The van der Waals surface area contributed by atoms with E-state index in [2.05, 4.69) is 25.9 Å². The normalized spacial score (nSPS) is 14.9. The van der Waals surface area contributed by atoms with Gasteiger partial charge in [-0.3, -0.25) is 0 Å². The van der Waals surface area contributed by atoms with Gasteiger partial charge < -0.3 is 10.2 Å². The Labute approximate surface area is 126 Å². The molecule has 0 unspecified atom stereocenters. The number of anilines is 2. The number of tetrazole rings is 1. The third kappa shape index (κ3) is 2.74. The lowest BCUT2D eigenvalue weighted by Crippen LogP contribution is -2.20. The van der Waals surface area contributed by atoms with Gasteiger partial charge in [0.2, 0.25) is 5.82 Å². The van der Waals surface area contributed by atoms with Crippen LogP contribution in [0.25, 0.3) is 5.57 Å². The predicted molar refractivity (Wildman–Crippen MR) is 79.2 cm³/mol. The molecule has 112 valence electrons. The van der Waals surface area contributed by atoms with Crippen molar-refractivity contribution < 1.29 is 4.39 Å². The maximum Gasteiger partial charge on any atom is 0.216 e. The van der Waals surface area contributed by atoms with E-state index < -0.39 is 0 Å². The third-order valence-corrected chi connectivity index (χ3v) is 3.49. The summed E-state index contributed by atoms with van der Waals surface area (Å²) in [5.74, 6) is -0.0903. The summed E-state index contributed by atoms with van der Waals surface area (Å²) in [6.45, 7) is 1.66. The molecule has 1 aliphatic rings. The van der Waals surface area contributed by atoms with Crippen molar-refractivity contribution in [2.24, 2.45) is 0 Å². The van der Waals surface area contributed by atoms with Crippen LogP contribution in [-0.2, 0) is 0 Å². The topological polar surface area (TPSA) is 93.5 Å². The van der Waals surface area contributed by atoms with Crippen molar-refractivity contribution in [3.05, 3.63) is 36.0 Å². The van der Waals surface area contributed by atoms with E-state index in [4.69, 9.17) is 5.26 Å². The molecule has 1 saturated heterocycles. The molecule has 8 heteroatoms. The highest BCUT2D eigenvalue weighted by molar-refractivity contribution is 5.78. The summed E-state index contributed by atoms with van der Waals surface area (Å²) in [4.78, 5) is 2.01. The van der Waals surface area contributed by atoms with Crippen LogP contribution in [0.3, 0.4) is 0 Å². The quantitative estimate of drug-likeness (QED) is 0.838. The van der Waals surface area contributed by atoms with Crippen LogP contribution in [-0.4, -0.2) is 33.7 Å². The Morgan fingerprint density at radius 3 is 2.91 bits per heavy atom. The molecule has 0 bridgehead atoms. The summed E-state index contributed by atoms with van der Waals surface area (Å²) in [5, 5.41) is 25.3. The highest BCUT2D eigenvalue weighted by Gasteiger charge is 2.19. The number of nitrogens with zero attached hydrogens (tertiary/aromatic N) is 5. The number of hydrogen-bond acceptors (Lipinski definition) is 6. The fourth-order valence-corrected chi connectivity index (χ4v) is 2.47. The third-order valence-electron chi connectivity index (χ3n) is 3.49. The maximum absolute atomic E-state index is 14.2. The van der Waals surface area contributed by atoms with Gasteiger partial charge >= 0.3 is 0 Å². The smallest absolute Gasteiger partial charge is 0.216 e. The second-order valence-corrected chi connectivity index (χ2v) is 4.88. The fourth-order valence-electron chi connectivity index (χ4n) is 2.47. The van der Waals surface area contributed by atoms with Gasteiger partial charge in [0.15, 0.2) is 0 Å². The summed E-state index contributed by atoms with van der Waals surface area (Å²) in [6, 6.07) is 6.83. The minimum absolute atomic E-state index is 0.189. The number of hydrogen-bond donors (Lipinski definition) is 2. The van der Waals surface area contributed by atoms with Gasteiger partial charge in [-0.25, -0.2) is 4.39 Å². The van der Waals surface area contributed by atoms with E-state index in [1.807, 2.05) is 11.0 Å². The van der Waals surface area contributed by atoms with Gasteiger partial charge in [-0.15, -0.1) is 10.2 Å². The first-order chi connectivity index (χ1) is 10.8. The molecular weight excluding hydrogens is 285 g/mol. The lowest BCUT2D eigenvalue weighted by atomic mass is 10.2. The largest absolute Gasteiger partial charge is 0.367 e. The molecule has 2 heterocycles. The second kappa shape index (κ2) is 6.22. The Bertz CT molecular complexity index is 711. The van der Waals surface area contributed by atoms with Crippen molar-refractivity contribution in [3.8, 4) is 6.07 Å². The molecule has 0 aliphatic carbocycles. The molecule has 2 N–H and O–H groups in total. The average Bonchev–Trinajstić information content (AvgIpc) is 3.21. The van der Waals surface area contributed by atoms with Crippen LogP contribution in [0.15, 0.2) is 24.4 Å². The second-order valence-electron chi connectivity index (χ2n) is 4.88. The highest BCUT2D eigenvalue weighted by atomic mass is 19.1. The van der Waals surface area contributed by atoms with Gasteiger partial charge in [0.1, 0.15) is 17.5 Å². The van der Waals surface area contributed by atoms with Crippen molar-refractivity contribution in [1.29, 1.82) is 5.26 Å². The Hall–Kier alpha value is -2.95. The number of aromatic amines is 1. The van der Waals surface area contributed by atoms with E-state index in [1.54, 1.807) is 12.1 Å². The summed E-state index contributed by atoms with van der Waals surface area (Å²) < 4.78 is 14.2. The molecule has 0 radical (unpaired) electrons. The van der Waals surface area contributed by atoms with Crippen molar-refractivity contribution in [1.82, 2.24) is 20.6 Å². The molecule has 3 rings (SSSR count). The minimum Gasteiger partial charge on any atom is -0.367 e. The van der Waals surface area contributed by atoms with Crippen LogP contribution >= 0.6 is 0 Å². The number of nitriles is 1. The highest BCUT2D eigenvalue weighted by Crippen LogP contribution is 2.32. The first-order valence-corrected chi connectivity index (χ1v) is 6.93. The Morgan fingerprint density at radius 1 is 1.41 bits per heavy atom. The van der Waals surface area contributed by atoms with E-state index in [9.17, 15) is 4.39 Å². The summed E-state index contributed by atoms with van der Waals surface area (Å²) in [6.07, 6.45) is 3.56. The van der Waals surface area contributed by atoms with Gasteiger partial charge in [-0.05, 0) is 30.2 Å². The Morgan fingerprint density at radius 2 is 2.23 bits per heavy atom. The van der Waals surface area contributed by atoms with Gasteiger partial charge in [-0.2, -0.15) is 10.5 Å². The van der Waals surface area contributed by atoms with Crippen molar-refractivity contribution in [3.63, 3.8) is 0 Å². The van der Waals surface area contributed by atoms with Crippen molar-refractivity contribution >= 4 is 16.9 Å². The number of para-hydroxylation sites is 1. The van der Waals surface area contributed by atoms with E-state index >= 15 is 0 Å². The minimum atomic E-state index is -0.279. The molecule has 0 spiro atoms. The van der Waals surface area contributed by atoms with E-state index in [-0.39, 0.29) is 17.2 Å². The van der Waals surface area contributed by atoms with Crippen LogP contribution in [0.1, 0.15) is 18.7 Å². The number of aromatic nitrogens is 4. The number of nitrogens with one attached hydrogen (secondary N) is 2. The van der Waals surface area contributed by atoms with Gasteiger partial charge in [0.25, 0.3) is 0 Å². The first-order valence-electron chi connectivity index (χ1n) is 6.93. The Kier molecular flexibility index (Phi) is 3.96. The predicted octanol–water partition coefficient (Wildman–Crippen LogP) is 1.92. The molecule has 1 fully saturated rings. The molecule has 0 saturated carbocycles. The molecule has 0 atom stereocenters. The number of rotatable bonds is 4. The molecule has 2 aromatic rings. The van der Waals surface area contributed by atoms with Crippen molar-refractivity contribution in [2.75, 3.05) is 23.3 Å². The van der Waals surface area contributed by atoms with Crippen molar-refractivity contribution in [2.45, 2.75) is 12.8 Å². The first kappa shape index (κ1) is 14.0. The molecule has 1 aromatic carbocycles. The molecule has 1 aliphatic heterocycles. The average molecular weight is 299 g/mol. The summed E-state index contributed by atoms with van der Waals surface area (Å²) in [7, 11) is 0. The monoisotopic (exact) mass is 299 g/mol. The number of allylic oxidation sites excluding steroid dienone is 1. The molecule has 7 nitrogen and oxygen atoms in total. The SMILES string of the molecule is N#CC(=CNc1cccc(F)c1N1CCCC1)c1nn[nH]n1.